The van der Waals surface area contributed by atoms with Crippen molar-refractivity contribution in [1.29, 1.82) is 0 Å². The molecule has 0 radical (unpaired) electrons. The maximum Gasteiger partial charge on any atom is 0.219 e. The van der Waals surface area contributed by atoms with Gasteiger partial charge in [0, 0.05) is 6.07 Å². The van der Waals surface area contributed by atoms with E-state index in [1.807, 2.05) is 0 Å². The Labute approximate surface area is 99.1 Å². The summed E-state index contributed by atoms with van der Waals surface area (Å²) in [5.74, 6) is 0.752. The third-order valence-electron chi connectivity index (χ3n) is 2.45. The topological polar surface area (TPSA) is 48.1 Å². The van der Waals surface area contributed by atoms with Crippen molar-refractivity contribution in [2.45, 2.75) is 13.8 Å². The lowest BCUT2D eigenvalue weighted by molar-refractivity contribution is 0.459. The number of nitrogen functional groups attached to an aromatic ring is 1. The maximum atomic E-state index is 13.1. The number of hydrogen-bond donors (Lipinski definition) is 1. The van der Waals surface area contributed by atoms with Gasteiger partial charge in [-0.05, 0) is 43.7 Å². The van der Waals surface area contributed by atoms with Crippen LogP contribution >= 0.6 is 0 Å². The number of aryl methyl sites for hydroxylation is 2. The monoisotopic (exact) mass is 232 g/mol. The van der Waals surface area contributed by atoms with Gasteiger partial charge in [0.1, 0.15) is 11.6 Å². The lowest BCUT2D eigenvalue weighted by Crippen LogP contribution is -1.95. The lowest BCUT2D eigenvalue weighted by atomic mass is 10.2. The van der Waals surface area contributed by atoms with E-state index in [1.165, 1.54) is 6.07 Å². The van der Waals surface area contributed by atoms with Crippen LogP contribution in [0.3, 0.4) is 0 Å². The second-order valence-corrected chi connectivity index (χ2v) is 3.84. The van der Waals surface area contributed by atoms with E-state index in [2.05, 4.69) is 4.98 Å². The summed E-state index contributed by atoms with van der Waals surface area (Å²) in [6.07, 6.45) is 0. The molecule has 0 saturated carbocycles. The number of pyridine rings is 1. The number of nitrogens with two attached hydrogens (primary N) is 1. The number of nitrogens with zero attached hydrogens (tertiary/aromatic N) is 1. The number of anilines is 1. The first kappa shape index (κ1) is 11.4. The van der Waals surface area contributed by atoms with E-state index < -0.39 is 0 Å². The van der Waals surface area contributed by atoms with Crippen molar-refractivity contribution in [2.75, 3.05) is 5.73 Å². The van der Waals surface area contributed by atoms with Crippen LogP contribution in [-0.2, 0) is 0 Å². The van der Waals surface area contributed by atoms with Gasteiger partial charge in [-0.3, -0.25) is 0 Å². The largest absolute Gasteiger partial charge is 0.439 e. The normalized spacial score (nSPS) is 10.3. The minimum absolute atomic E-state index is 0.251. The van der Waals surface area contributed by atoms with Crippen LogP contribution in [0, 0.1) is 19.7 Å². The predicted octanol–water partition coefficient (Wildman–Crippen LogP) is 3.21. The zero-order chi connectivity index (χ0) is 12.4. The van der Waals surface area contributed by atoms with Gasteiger partial charge in [-0.1, -0.05) is 0 Å². The Hall–Kier alpha value is -2.10. The first-order valence-electron chi connectivity index (χ1n) is 5.23. The van der Waals surface area contributed by atoms with Crippen molar-refractivity contribution in [2.24, 2.45) is 0 Å². The third-order valence-corrected chi connectivity index (χ3v) is 2.45. The van der Waals surface area contributed by atoms with Crippen molar-refractivity contribution in [3.8, 4) is 11.6 Å². The molecule has 2 rings (SSSR count). The molecule has 0 fully saturated rings. The Morgan fingerprint density at radius 3 is 2.59 bits per heavy atom. The number of aromatic nitrogens is 1. The summed E-state index contributed by atoms with van der Waals surface area (Å²) in [5, 5.41) is 0. The van der Waals surface area contributed by atoms with Gasteiger partial charge in [-0.2, -0.15) is 0 Å². The molecule has 0 aliphatic heterocycles. The van der Waals surface area contributed by atoms with Gasteiger partial charge in [0.05, 0.1) is 11.4 Å². The number of benzene rings is 1. The van der Waals surface area contributed by atoms with E-state index >= 15 is 0 Å². The first-order valence-corrected chi connectivity index (χ1v) is 5.23. The minimum atomic E-state index is -0.251. The maximum absolute atomic E-state index is 13.1. The average Bonchev–Trinajstić information content (AvgIpc) is 2.29. The minimum Gasteiger partial charge on any atom is -0.439 e. The molecule has 1 aromatic heterocycles. The standard InChI is InChI=1S/C13H13FN2O/c1-8-7-10(3-4-11(8)14)17-13-6-5-12(15)9(2)16-13/h3-7H,15H2,1-2H3. The molecule has 0 atom stereocenters. The fourth-order valence-electron chi connectivity index (χ4n) is 1.41. The molecule has 0 bridgehead atoms. The molecule has 0 aliphatic rings. The van der Waals surface area contributed by atoms with E-state index in [0.29, 0.717) is 28.6 Å². The van der Waals surface area contributed by atoms with Gasteiger partial charge in [-0.15, -0.1) is 0 Å². The molecule has 0 aliphatic carbocycles. The summed E-state index contributed by atoms with van der Waals surface area (Å²) in [6, 6.07) is 7.97. The molecule has 3 nitrogen and oxygen atoms in total. The van der Waals surface area contributed by atoms with Crippen molar-refractivity contribution in [3.63, 3.8) is 0 Å². The molecular weight excluding hydrogens is 219 g/mol. The van der Waals surface area contributed by atoms with Gasteiger partial charge in [0.2, 0.25) is 5.88 Å². The molecule has 0 saturated heterocycles. The average molecular weight is 232 g/mol. The summed E-state index contributed by atoms with van der Waals surface area (Å²) >= 11 is 0. The Bertz CT molecular complexity index is 506. The van der Waals surface area contributed by atoms with E-state index in [1.54, 1.807) is 38.1 Å². The number of hydrogen-bond acceptors (Lipinski definition) is 3. The second-order valence-electron chi connectivity index (χ2n) is 3.84. The number of halogens is 1. The summed E-state index contributed by atoms with van der Waals surface area (Å²) in [5.41, 5.74) is 7.52. The zero-order valence-corrected chi connectivity index (χ0v) is 9.70. The first-order chi connectivity index (χ1) is 8.06. The Morgan fingerprint density at radius 1 is 1.18 bits per heavy atom. The lowest BCUT2D eigenvalue weighted by Gasteiger charge is -2.07. The number of ether oxygens (including phenoxy) is 1. The molecular formula is C13H13FN2O. The van der Waals surface area contributed by atoms with Crippen LogP contribution in [0.1, 0.15) is 11.3 Å². The van der Waals surface area contributed by atoms with E-state index in [0.717, 1.165) is 0 Å². The zero-order valence-electron chi connectivity index (χ0n) is 9.70. The van der Waals surface area contributed by atoms with E-state index in [4.69, 9.17) is 10.5 Å². The molecule has 4 heteroatoms. The van der Waals surface area contributed by atoms with Gasteiger partial charge in [-0.25, -0.2) is 9.37 Å². The van der Waals surface area contributed by atoms with E-state index in [9.17, 15) is 4.39 Å². The summed E-state index contributed by atoms with van der Waals surface area (Å²) in [7, 11) is 0. The summed E-state index contributed by atoms with van der Waals surface area (Å²) in [4.78, 5) is 4.18. The van der Waals surface area contributed by atoms with E-state index in [-0.39, 0.29) is 5.82 Å². The molecule has 2 N–H and O–H groups in total. The van der Waals surface area contributed by atoms with Crippen molar-refractivity contribution >= 4 is 5.69 Å². The molecule has 0 amide bonds. The van der Waals surface area contributed by atoms with Crippen LogP contribution in [0.2, 0.25) is 0 Å². The van der Waals surface area contributed by atoms with Crippen molar-refractivity contribution in [1.82, 2.24) is 4.98 Å². The van der Waals surface area contributed by atoms with Gasteiger partial charge in [0.25, 0.3) is 0 Å². The van der Waals surface area contributed by atoms with Crippen molar-refractivity contribution < 1.29 is 9.13 Å². The van der Waals surface area contributed by atoms with Crippen LogP contribution in [0.4, 0.5) is 10.1 Å². The Kier molecular flexibility index (Phi) is 2.95. The van der Waals surface area contributed by atoms with Gasteiger partial charge < -0.3 is 10.5 Å². The summed E-state index contributed by atoms with van der Waals surface area (Å²) in [6.45, 7) is 3.49. The molecule has 88 valence electrons. The highest BCUT2D eigenvalue weighted by atomic mass is 19.1. The van der Waals surface area contributed by atoms with Crippen molar-refractivity contribution in [3.05, 3.63) is 47.4 Å². The number of rotatable bonds is 2. The van der Waals surface area contributed by atoms with Crippen LogP contribution in [0.5, 0.6) is 11.6 Å². The van der Waals surface area contributed by atoms with Gasteiger partial charge in [0.15, 0.2) is 0 Å². The molecule has 0 spiro atoms. The Balaban J connectivity index is 2.25. The highest BCUT2D eigenvalue weighted by Crippen LogP contribution is 2.23. The third kappa shape index (κ3) is 2.53. The molecule has 2 aromatic rings. The molecule has 17 heavy (non-hydrogen) atoms. The fraction of sp³-hybridized carbons (Fsp3) is 0.154. The van der Waals surface area contributed by atoms with Crippen LogP contribution < -0.4 is 10.5 Å². The highest BCUT2D eigenvalue weighted by molar-refractivity contribution is 5.44. The van der Waals surface area contributed by atoms with Crippen LogP contribution in [0.25, 0.3) is 0 Å². The second kappa shape index (κ2) is 4.41. The van der Waals surface area contributed by atoms with Crippen LogP contribution in [0.15, 0.2) is 30.3 Å². The Morgan fingerprint density at radius 2 is 1.94 bits per heavy atom. The molecule has 1 heterocycles. The predicted molar refractivity (Wildman–Crippen MR) is 64.6 cm³/mol. The summed E-state index contributed by atoms with van der Waals surface area (Å²) < 4.78 is 18.6. The smallest absolute Gasteiger partial charge is 0.219 e. The quantitative estimate of drug-likeness (QED) is 0.864. The highest BCUT2D eigenvalue weighted by Gasteiger charge is 2.03. The van der Waals surface area contributed by atoms with Crippen LogP contribution in [-0.4, -0.2) is 4.98 Å². The SMILES string of the molecule is Cc1cc(Oc2ccc(N)c(C)n2)ccc1F. The molecule has 1 aromatic carbocycles. The molecule has 0 unspecified atom stereocenters. The fourth-order valence-corrected chi connectivity index (χ4v) is 1.41. The van der Waals surface area contributed by atoms with Gasteiger partial charge >= 0.3 is 0 Å².